The van der Waals surface area contributed by atoms with Crippen molar-refractivity contribution in [2.75, 3.05) is 20.1 Å². The Bertz CT molecular complexity index is 589. The van der Waals surface area contributed by atoms with Gasteiger partial charge in [-0.2, -0.15) is 0 Å². The van der Waals surface area contributed by atoms with Gasteiger partial charge in [-0.3, -0.25) is 4.99 Å². The van der Waals surface area contributed by atoms with Crippen LogP contribution in [0.3, 0.4) is 0 Å². The van der Waals surface area contributed by atoms with E-state index in [4.69, 9.17) is 4.99 Å². The quantitative estimate of drug-likeness (QED) is 0.376. The lowest BCUT2D eigenvalue weighted by molar-refractivity contribution is 0.0526. The molecule has 2 aliphatic heterocycles. The van der Waals surface area contributed by atoms with Gasteiger partial charge in [0, 0.05) is 42.5 Å². The average molecular weight is 491 g/mol. The van der Waals surface area contributed by atoms with Crippen molar-refractivity contribution in [3.8, 4) is 0 Å². The fraction of sp³-hybridized carbons (Fsp3) is 0.789. The number of nitrogens with one attached hydrogen (secondary N) is 2. The second-order valence-corrected chi connectivity index (χ2v) is 8.76. The molecule has 2 N–H and O–H groups in total. The van der Waals surface area contributed by atoms with Gasteiger partial charge in [-0.1, -0.05) is 6.42 Å². The maximum Gasteiger partial charge on any atom is 0.191 e. The number of rotatable bonds is 5. The van der Waals surface area contributed by atoms with Crippen LogP contribution in [0.1, 0.15) is 54.6 Å². The lowest BCUT2D eigenvalue weighted by Crippen LogP contribution is -2.56. The lowest BCUT2D eigenvalue weighted by atomic mass is 9.82. The zero-order chi connectivity index (χ0) is 17.8. The first-order valence-corrected chi connectivity index (χ1v) is 10.6. The smallest absolute Gasteiger partial charge is 0.191 e. The van der Waals surface area contributed by atoms with Gasteiger partial charge in [-0.25, -0.2) is 4.98 Å². The van der Waals surface area contributed by atoms with E-state index in [1.165, 1.54) is 42.7 Å². The number of halogens is 1. The van der Waals surface area contributed by atoms with Crippen LogP contribution in [0, 0.1) is 13.8 Å². The Morgan fingerprint density at radius 2 is 1.96 bits per heavy atom. The number of hydrogen-bond donors (Lipinski definition) is 2. The van der Waals surface area contributed by atoms with Crippen LogP contribution in [0.4, 0.5) is 0 Å². The second-order valence-electron chi connectivity index (χ2n) is 7.47. The molecular weight excluding hydrogens is 457 g/mol. The Morgan fingerprint density at radius 1 is 1.27 bits per heavy atom. The van der Waals surface area contributed by atoms with Crippen LogP contribution >= 0.6 is 35.3 Å². The summed E-state index contributed by atoms with van der Waals surface area (Å²) in [4.78, 5) is 13.3. The molecule has 2 fully saturated rings. The summed E-state index contributed by atoms with van der Waals surface area (Å²) in [7, 11) is 2.31. The monoisotopic (exact) mass is 491 g/mol. The molecule has 148 valence electrons. The van der Waals surface area contributed by atoms with Gasteiger partial charge in [0.2, 0.25) is 0 Å². The molecular formula is C19H34IN5S. The van der Waals surface area contributed by atoms with E-state index in [9.17, 15) is 0 Å². The van der Waals surface area contributed by atoms with Crippen molar-refractivity contribution < 1.29 is 0 Å². The number of thiazole rings is 1. The minimum absolute atomic E-state index is 0. The lowest BCUT2D eigenvalue weighted by Gasteiger charge is -2.47. The summed E-state index contributed by atoms with van der Waals surface area (Å²) < 4.78 is 0. The van der Waals surface area contributed by atoms with Crippen LogP contribution < -0.4 is 10.6 Å². The topological polar surface area (TPSA) is 52.6 Å². The van der Waals surface area contributed by atoms with Gasteiger partial charge in [0.05, 0.1) is 10.7 Å². The van der Waals surface area contributed by atoms with Gasteiger partial charge < -0.3 is 15.5 Å². The Balaban J connectivity index is 0.00000243. The van der Waals surface area contributed by atoms with Crippen LogP contribution in [-0.2, 0) is 6.42 Å². The molecule has 2 atom stereocenters. The summed E-state index contributed by atoms with van der Waals surface area (Å²) in [5.74, 6) is 0.981. The molecule has 0 aromatic carbocycles. The minimum atomic E-state index is 0. The van der Waals surface area contributed by atoms with E-state index in [2.05, 4.69) is 48.3 Å². The minimum Gasteiger partial charge on any atom is -0.357 e. The molecule has 7 heteroatoms. The standard InChI is InChI=1S/C19H33N5S.HI/c1-5-20-19(21-10-9-18-13(2)22-14(3)25-18)23-15-11-16-7-6-8-17(12-15)24(16)4;/h15-17H,5-12H2,1-4H3,(H2,20,21,23);1H. The van der Waals surface area contributed by atoms with Crippen LogP contribution in [0.25, 0.3) is 0 Å². The molecule has 1 aromatic rings. The average Bonchev–Trinajstić information content (AvgIpc) is 2.86. The first-order chi connectivity index (χ1) is 12.1. The summed E-state index contributed by atoms with van der Waals surface area (Å²) in [5, 5.41) is 8.29. The van der Waals surface area contributed by atoms with Crippen LogP contribution in [-0.4, -0.2) is 54.1 Å². The highest BCUT2D eigenvalue weighted by Crippen LogP contribution is 2.32. The van der Waals surface area contributed by atoms with Crippen molar-refractivity contribution in [3.05, 3.63) is 15.6 Å². The predicted molar refractivity (Wildman–Crippen MR) is 122 cm³/mol. The van der Waals surface area contributed by atoms with Crippen molar-refractivity contribution in [2.24, 2.45) is 4.99 Å². The third kappa shape index (κ3) is 5.55. The van der Waals surface area contributed by atoms with Gasteiger partial charge >= 0.3 is 0 Å². The number of hydrogen-bond acceptors (Lipinski definition) is 4. The molecule has 0 spiro atoms. The zero-order valence-corrected chi connectivity index (χ0v) is 19.7. The number of guanidine groups is 1. The number of aliphatic imine (C=N–C) groups is 1. The highest BCUT2D eigenvalue weighted by atomic mass is 127. The van der Waals surface area contributed by atoms with Gasteiger partial charge in [0.15, 0.2) is 5.96 Å². The van der Waals surface area contributed by atoms with Gasteiger partial charge in [-0.05, 0) is 53.5 Å². The summed E-state index contributed by atoms with van der Waals surface area (Å²) in [6, 6.07) is 2.04. The Hall–Kier alpha value is -0.410. The largest absolute Gasteiger partial charge is 0.357 e. The first kappa shape index (κ1) is 21.9. The highest BCUT2D eigenvalue weighted by Gasteiger charge is 2.36. The maximum atomic E-state index is 4.83. The van der Waals surface area contributed by atoms with Crippen molar-refractivity contribution in [2.45, 2.75) is 77.4 Å². The molecule has 2 bridgehead atoms. The van der Waals surface area contributed by atoms with E-state index in [-0.39, 0.29) is 24.0 Å². The van der Waals surface area contributed by atoms with Crippen molar-refractivity contribution in [1.82, 2.24) is 20.5 Å². The van der Waals surface area contributed by atoms with Gasteiger partial charge in [-0.15, -0.1) is 35.3 Å². The molecule has 2 aliphatic rings. The molecule has 2 saturated heterocycles. The normalized spacial score (nSPS) is 26.3. The Morgan fingerprint density at radius 3 is 2.54 bits per heavy atom. The number of nitrogens with zero attached hydrogens (tertiary/aromatic N) is 3. The molecule has 0 saturated carbocycles. The van der Waals surface area contributed by atoms with E-state index in [1.54, 1.807) is 11.3 Å². The Kier molecular flexibility index (Phi) is 8.60. The molecule has 0 radical (unpaired) electrons. The van der Waals surface area contributed by atoms with Crippen molar-refractivity contribution in [1.29, 1.82) is 0 Å². The SMILES string of the molecule is CCNC(=NCCc1sc(C)nc1C)NC1CC2CCCC(C1)N2C.I. The number of aromatic nitrogens is 1. The van der Waals surface area contributed by atoms with Crippen LogP contribution in [0.5, 0.6) is 0 Å². The molecule has 3 rings (SSSR count). The van der Waals surface area contributed by atoms with Crippen molar-refractivity contribution >= 4 is 41.3 Å². The highest BCUT2D eigenvalue weighted by molar-refractivity contribution is 14.0. The Labute approximate surface area is 179 Å². The van der Waals surface area contributed by atoms with Crippen LogP contribution in [0.15, 0.2) is 4.99 Å². The second kappa shape index (κ2) is 10.2. The number of fused-ring (bicyclic) bond motifs is 2. The number of aryl methyl sites for hydroxylation is 2. The third-order valence-corrected chi connectivity index (χ3v) is 6.77. The van der Waals surface area contributed by atoms with Gasteiger partial charge in [0.25, 0.3) is 0 Å². The molecule has 0 amide bonds. The summed E-state index contributed by atoms with van der Waals surface area (Å²) in [6.07, 6.45) is 7.56. The van der Waals surface area contributed by atoms with E-state index in [0.717, 1.165) is 42.6 Å². The third-order valence-electron chi connectivity index (χ3n) is 5.63. The molecule has 0 aliphatic carbocycles. The summed E-state index contributed by atoms with van der Waals surface area (Å²) in [5.41, 5.74) is 1.17. The number of piperidine rings is 2. The van der Waals surface area contributed by atoms with E-state index in [0.29, 0.717) is 6.04 Å². The van der Waals surface area contributed by atoms with Gasteiger partial charge in [0.1, 0.15) is 0 Å². The molecule has 3 heterocycles. The maximum absolute atomic E-state index is 4.83. The first-order valence-electron chi connectivity index (χ1n) is 9.76. The fourth-order valence-corrected chi connectivity index (χ4v) is 5.25. The summed E-state index contributed by atoms with van der Waals surface area (Å²) >= 11 is 1.80. The van der Waals surface area contributed by atoms with E-state index in [1.807, 2.05) is 0 Å². The zero-order valence-electron chi connectivity index (χ0n) is 16.5. The molecule has 26 heavy (non-hydrogen) atoms. The van der Waals surface area contributed by atoms with Crippen molar-refractivity contribution in [3.63, 3.8) is 0 Å². The molecule has 2 unspecified atom stereocenters. The fourth-order valence-electron chi connectivity index (χ4n) is 4.32. The predicted octanol–water partition coefficient (Wildman–Crippen LogP) is 3.49. The van der Waals surface area contributed by atoms with Crippen LogP contribution in [0.2, 0.25) is 0 Å². The van der Waals surface area contributed by atoms with E-state index < -0.39 is 0 Å². The molecule has 1 aromatic heterocycles. The van der Waals surface area contributed by atoms with E-state index >= 15 is 0 Å². The summed E-state index contributed by atoms with van der Waals surface area (Å²) in [6.45, 7) is 8.04. The molecule has 5 nitrogen and oxygen atoms in total.